The number of carbonyl (C=O) groups excluding carboxylic acids is 1. The minimum absolute atomic E-state index is 0.0448. The molecule has 1 unspecified atom stereocenters. The first-order valence-electron chi connectivity index (χ1n) is 8.78. The smallest absolute Gasteiger partial charge is 0.338 e. The molecule has 0 amide bonds. The van der Waals surface area contributed by atoms with Gasteiger partial charge in [0.15, 0.2) is 6.29 Å². The molecule has 1 saturated heterocycles. The summed E-state index contributed by atoms with van der Waals surface area (Å²) in [6, 6.07) is 19.0. The second kappa shape index (κ2) is 9.48. The standard InChI is InChI=1S/C21H24O5/c1-23-20-12-18(14-25-21(22)17-10-6-3-7-11-17)19(26-20)15-24-13-16-8-4-2-5-9-16/h2-11,18-20H,12-15H2,1H3/t18-,19-,20?/m1/s1. The monoisotopic (exact) mass is 356 g/mol. The molecule has 2 aromatic carbocycles. The van der Waals surface area contributed by atoms with Crippen molar-refractivity contribution in [2.75, 3.05) is 20.3 Å². The number of benzene rings is 2. The van der Waals surface area contributed by atoms with Crippen molar-refractivity contribution in [3.8, 4) is 0 Å². The Kier molecular flexibility index (Phi) is 6.77. The summed E-state index contributed by atoms with van der Waals surface area (Å²) in [7, 11) is 1.62. The highest BCUT2D eigenvalue weighted by Crippen LogP contribution is 2.28. The maximum absolute atomic E-state index is 12.1. The van der Waals surface area contributed by atoms with Crippen LogP contribution in [0.25, 0.3) is 0 Å². The van der Waals surface area contributed by atoms with Crippen LogP contribution in [-0.4, -0.2) is 38.7 Å². The summed E-state index contributed by atoms with van der Waals surface area (Å²) in [6.07, 6.45) is 0.228. The van der Waals surface area contributed by atoms with E-state index in [-0.39, 0.29) is 30.9 Å². The number of esters is 1. The van der Waals surface area contributed by atoms with Crippen LogP contribution >= 0.6 is 0 Å². The third-order valence-corrected chi connectivity index (χ3v) is 4.44. The Morgan fingerprint density at radius 1 is 1.04 bits per heavy atom. The fourth-order valence-electron chi connectivity index (χ4n) is 2.97. The van der Waals surface area contributed by atoms with Gasteiger partial charge < -0.3 is 18.9 Å². The molecule has 0 radical (unpaired) electrons. The third-order valence-electron chi connectivity index (χ3n) is 4.44. The normalized spacial score (nSPS) is 22.3. The number of hydrogen-bond acceptors (Lipinski definition) is 5. The highest BCUT2D eigenvalue weighted by Gasteiger charge is 2.36. The lowest BCUT2D eigenvalue weighted by Gasteiger charge is -2.18. The Balaban J connectivity index is 1.49. The lowest BCUT2D eigenvalue weighted by Crippen LogP contribution is -2.27. The topological polar surface area (TPSA) is 54.0 Å². The zero-order chi connectivity index (χ0) is 18.2. The number of methoxy groups -OCH3 is 1. The largest absolute Gasteiger partial charge is 0.462 e. The van der Waals surface area contributed by atoms with Crippen LogP contribution in [0.2, 0.25) is 0 Å². The van der Waals surface area contributed by atoms with Gasteiger partial charge in [0.05, 0.1) is 31.5 Å². The molecule has 2 aromatic rings. The molecule has 3 atom stereocenters. The molecular formula is C21H24O5. The van der Waals surface area contributed by atoms with Crippen molar-refractivity contribution in [3.05, 3.63) is 71.8 Å². The van der Waals surface area contributed by atoms with Gasteiger partial charge in [-0.15, -0.1) is 0 Å². The fraction of sp³-hybridized carbons (Fsp3) is 0.381. The minimum Gasteiger partial charge on any atom is -0.462 e. The molecule has 0 aliphatic carbocycles. The minimum atomic E-state index is -0.324. The molecule has 0 bridgehead atoms. The van der Waals surface area contributed by atoms with E-state index in [9.17, 15) is 4.79 Å². The summed E-state index contributed by atoms with van der Waals surface area (Å²) in [6.45, 7) is 1.24. The summed E-state index contributed by atoms with van der Waals surface area (Å²) in [5.74, 6) is -0.279. The van der Waals surface area contributed by atoms with Crippen molar-refractivity contribution >= 4 is 5.97 Å². The van der Waals surface area contributed by atoms with E-state index in [4.69, 9.17) is 18.9 Å². The van der Waals surface area contributed by atoms with Crippen LogP contribution in [-0.2, 0) is 25.6 Å². The summed E-state index contributed by atoms with van der Waals surface area (Å²) in [5, 5.41) is 0. The van der Waals surface area contributed by atoms with Gasteiger partial charge in [-0.05, 0) is 17.7 Å². The Labute approximate surface area is 153 Å². The second-order valence-corrected chi connectivity index (χ2v) is 6.30. The summed E-state index contributed by atoms with van der Waals surface area (Å²) in [5.41, 5.74) is 1.66. The lowest BCUT2D eigenvalue weighted by molar-refractivity contribution is -0.132. The molecule has 1 aliphatic rings. The van der Waals surface area contributed by atoms with Crippen molar-refractivity contribution in [2.24, 2.45) is 5.92 Å². The van der Waals surface area contributed by atoms with Crippen molar-refractivity contribution in [3.63, 3.8) is 0 Å². The predicted molar refractivity (Wildman–Crippen MR) is 96.6 cm³/mol. The molecule has 5 nitrogen and oxygen atoms in total. The van der Waals surface area contributed by atoms with Gasteiger partial charge in [-0.3, -0.25) is 0 Å². The van der Waals surface area contributed by atoms with Crippen LogP contribution in [0.1, 0.15) is 22.3 Å². The molecule has 1 aliphatic heterocycles. The average Bonchev–Trinajstić information content (AvgIpc) is 3.10. The molecule has 3 rings (SSSR count). The van der Waals surface area contributed by atoms with Crippen LogP contribution in [0.15, 0.2) is 60.7 Å². The fourth-order valence-corrected chi connectivity index (χ4v) is 2.97. The van der Waals surface area contributed by atoms with Crippen molar-refractivity contribution in [2.45, 2.75) is 25.4 Å². The van der Waals surface area contributed by atoms with Gasteiger partial charge in [-0.1, -0.05) is 48.5 Å². The van der Waals surface area contributed by atoms with Crippen LogP contribution in [0, 0.1) is 5.92 Å². The van der Waals surface area contributed by atoms with E-state index in [1.165, 1.54) is 0 Å². The predicted octanol–water partition coefficient (Wildman–Crippen LogP) is 3.44. The number of carbonyl (C=O) groups is 1. The first-order valence-corrected chi connectivity index (χ1v) is 8.78. The molecule has 5 heteroatoms. The molecule has 0 aromatic heterocycles. The highest BCUT2D eigenvalue weighted by molar-refractivity contribution is 5.89. The van der Waals surface area contributed by atoms with Gasteiger partial charge in [0.25, 0.3) is 0 Å². The lowest BCUT2D eigenvalue weighted by atomic mass is 10.0. The Hall–Kier alpha value is -2.21. The van der Waals surface area contributed by atoms with E-state index in [0.29, 0.717) is 25.2 Å². The van der Waals surface area contributed by atoms with Crippen LogP contribution in [0.3, 0.4) is 0 Å². The van der Waals surface area contributed by atoms with E-state index in [2.05, 4.69) is 0 Å². The molecule has 0 N–H and O–H groups in total. The number of hydrogen-bond donors (Lipinski definition) is 0. The second-order valence-electron chi connectivity index (χ2n) is 6.30. The Morgan fingerprint density at radius 2 is 1.73 bits per heavy atom. The van der Waals surface area contributed by atoms with Crippen molar-refractivity contribution in [1.82, 2.24) is 0 Å². The van der Waals surface area contributed by atoms with Gasteiger partial charge >= 0.3 is 5.97 Å². The van der Waals surface area contributed by atoms with Gasteiger partial charge in [-0.2, -0.15) is 0 Å². The highest BCUT2D eigenvalue weighted by atomic mass is 16.7. The Bertz CT molecular complexity index is 673. The molecule has 1 fully saturated rings. The first-order chi connectivity index (χ1) is 12.8. The SMILES string of the molecule is COC1C[C@H](COC(=O)c2ccccc2)[C@@H](COCc2ccccc2)O1. The van der Waals surface area contributed by atoms with Crippen LogP contribution in [0.4, 0.5) is 0 Å². The van der Waals surface area contributed by atoms with E-state index in [1.54, 1.807) is 19.2 Å². The molecule has 26 heavy (non-hydrogen) atoms. The average molecular weight is 356 g/mol. The van der Waals surface area contributed by atoms with E-state index >= 15 is 0 Å². The third kappa shape index (κ3) is 5.14. The maximum atomic E-state index is 12.1. The number of ether oxygens (including phenoxy) is 4. The molecule has 0 spiro atoms. The molecule has 1 heterocycles. The van der Waals surface area contributed by atoms with Gasteiger partial charge in [0, 0.05) is 19.4 Å². The summed E-state index contributed by atoms with van der Waals surface area (Å²) < 4.78 is 22.4. The first kappa shape index (κ1) is 18.6. The molecular weight excluding hydrogens is 332 g/mol. The quantitative estimate of drug-likeness (QED) is 0.678. The van der Waals surface area contributed by atoms with Crippen molar-refractivity contribution < 1.29 is 23.7 Å². The van der Waals surface area contributed by atoms with E-state index < -0.39 is 0 Å². The molecule has 138 valence electrons. The Morgan fingerprint density at radius 3 is 2.42 bits per heavy atom. The summed E-state index contributed by atoms with van der Waals surface area (Å²) in [4.78, 5) is 12.1. The van der Waals surface area contributed by atoms with E-state index in [0.717, 1.165) is 5.56 Å². The summed E-state index contributed by atoms with van der Waals surface area (Å²) >= 11 is 0. The van der Waals surface area contributed by atoms with Gasteiger partial charge in [-0.25, -0.2) is 4.79 Å². The van der Waals surface area contributed by atoms with E-state index in [1.807, 2.05) is 48.5 Å². The zero-order valence-corrected chi connectivity index (χ0v) is 14.9. The van der Waals surface area contributed by atoms with Crippen LogP contribution < -0.4 is 0 Å². The number of rotatable bonds is 8. The van der Waals surface area contributed by atoms with Gasteiger partial charge in [0.2, 0.25) is 0 Å². The zero-order valence-electron chi connectivity index (χ0n) is 14.9. The van der Waals surface area contributed by atoms with Crippen molar-refractivity contribution in [1.29, 1.82) is 0 Å². The maximum Gasteiger partial charge on any atom is 0.338 e. The molecule has 0 saturated carbocycles. The van der Waals surface area contributed by atoms with Crippen LogP contribution in [0.5, 0.6) is 0 Å². The van der Waals surface area contributed by atoms with Gasteiger partial charge in [0.1, 0.15) is 0 Å².